The van der Waals surface area contributed by atoms with Crippen LogP contribution in [0.3, 0.4) is 0 Å². The summed E-state index contributed by atoms with van der Waals surface area (Å²) in [5.41, 5.74) is 0. The second-order valence-electron chi connectivity index (χ2n) is 0.959. The predicted octanol–water partition coefficient (Wildman–Crippen LogP) is 1.30. The number of aromatic nitrogens is 1. The maximum atomic E-state index is 3.66. The third kappa shape index (κ3) is 4.27. The molecule has 0 radical (unpaired) electrons. The maximum Gasteiger partial charge on any atom is 0 e. The minimum absolute atomic E-state index is 0. The van der Waals surface area contributed by atoms with E-state index < -0.39 is 0 Å². The van der Waals surface area contributed by atoms with Gasteiger partial charge in [0.05, 0.1) is 0 Å². The van der Waals surface area contributed by atoms with Gasteiger partial charge in [0, 0.05) is 20.4 Å². The van der Waals surface area contributed by atoms with E-state index in [4.69, 9.17) is 0 Å². The van der Waals surface area contributed by atoms with Crippen LogP contribution in [-0.2, 0) is 20.4 Å². The zero-order valence-corrected chi connectivity index (χ0v) is 6.35. The molecule has 0 unspecified atom stereocenters. The van der Waals surface area contributed by atoms with Crippen molar-refractivity contribution in [2.45, 2.75) is 0 Å². The zero-order chi connectivity index (χ0) is 4.24. The van der Waals surface area contributed by atoms with Crippen LogP contribution in [0.2, 0.25) is 0 Å². The minimum Gasteiger partial charge on any atom is -0.394 e. The average molecular weight is 221 g/mol. The van der Waals surface area contributed by atoms with Gasteiger partial charge in [0.25, 0.3) is 0 Å². The van der Waals surface area contributed by atoms with E-state index in [1.807, 2.05) is 12.1 Å². The van der Waals surface area contributed by atoms with E-state index >= 15 is 0 Å². The Kier molecular flexibility index (Phi) is 9.74. The molecule has 0 fully saturated rings. The van der Waals surface area contributed by atoms with Crippen LogP contribution in [0.15, 0.2) is 24.4 Å². The van der Waals surface area contributed by atoms with E-state index in [0.717, 1.165) is 0 Å². The van der Waals surface area contributed by atoms with Gasteiger partial charge >= 0.3 is 0 Å². The number of halogens is 1. The molecule has 3 heteroatoms. The molecule has 0 saturated carbocycles. The number of rotatable bonds is 0. The Labute approximate surface area is 68.6 Å². The Morgan fingerprint density at radius 2 is 2.00 bits per heavy atom. The van der Waals surface area contributed by atoms with Gasteiger partial charge in [0.1, 0.15) is 0 Å². The van der Waals surface area contributed by atoms with E-state index in [1.165, 1.54) is 0 Å². The Balaban J connectivity index is 0. The van der Waals surface area contributed by atoms with Gasteiger partial charge in [0.2, 0.25) is 0 Å². The quantitative estimate of drug-likeness (QED) is 0.475. The van der Waals surface area contributed by atoms with Crippen molar-refractivity contribution in [2.75, 3.05) is 0 Å². The summed E-state index contributed by atoms with van der Waals surface area (Å²) in [5.74, 6) is 0. The first-order chi connectivity index (χ1) is 3.00. The predicted molar refractivity (Wildman–Crippen MR) is 30.3 cm³/mol. The van der Waals surface area contributed by atoms with Gasteiger partial charge in [-0.25, -0.2) is 0 Å². The fraction of sp³-hybridized carbons (Fsp3) is 0. The summed E-state index contributed by atoms with van der Waals surface area (Å²) >= 11 is 0. The normalized spacial score (nSPS) is 6.00. The molecule has 0 bridgehead atoms. The largest absolute Gasteiger partial charge is 0.394 e. The summed E-state index contributed by atoms with van der Waals surface area (Å²) in [6, 6.07) is 5.50. The van der Waals surface area contributed by atoms with Crippen molar-refractivity contribution in [1.82, 2.24) is 4.98 Å². The SMILES string of the molecule is Cl.[Pd].[c-]1ccccn1. The van der Waals surface area contributed by atoms with Crippen LogP contribution >= 0.6 is 12.4 Å². The van der Waals surface area contributed by atoms with Crippen molar-refractivity contribution < 1.29 is 20.4 Å². The van der Waals surface area contributed by atoms with Gasteiger partial charge in [-0.15, -0.1) is 12.4 Å². The molecule has 0 N–H and O–H groups in total. The number of pyridine rings is 1. The molecule has 0 saturated heterocycles. The van der Waals surface area contributed by atoms with Gasteiger partial charge < -0.3 is 4.98 Å². The third-order valence-corrected chi connectivity index (χ3v) is 0.517. The second-order valence-corrected chi connectivity index (χ2v) is 0.959. The molecule has 1 aromatic heterocycles. The Hall–Kier alpha value is 0.102. The first kappa shape index (κ1) is 11.0. The van der Waals surface area contributed by atoms with E-state index in [-0.39, 0.29) is 32.8 Å². The van der Waals surface area contributed by atoms with Crippen molar-refractivity contribution >= 4 is 12.4 Å². The van der Waals surface area contributed by atoms with Crippen LogP contribution in [0.25, 0.3) is 0 Å². The van der Waals surface area contributed by atoms with E-state index in [0.29, 0.717) is 0 Å². The second kappa shape index (κ2) is 7.10. The van der Waals surface area contributed by atoms with Crippen LogP contribution in [0.1, 0.15) is 0 Å². The first-order valence-electron chi connectivity index (χ1n) is 1.77. The Morgan fingerprint density at radius 1 is 1.25 bits per heavy atom. The molecular formula is C5H5ClNPd-. The smallest absolute Gasteiger partial charge is 0 e. The summed E-state index contributed by atoms with van der Waals surface area (Å²) in [6.07, 6.45) is 4.34. The van der Waals surface area contributed by atoms with Crippen molar-refractivity contribution in [3.8, 4) is 0 Å². The summed E-state index contributed by atoms with van der Waals surface area (Å²) in [4.78, 5) is 3.66. The molecule has 1 nitrogen and oxygen atoms in total. The summed E-state index contributed by atoms with van der Waals surface area (Å²) < 4.78 is 0. The summed E-state index contributed by atoms with van der Waals surface area (Å²) in [6.45, 7) is 0. The number of hydrogen-bond donors (Lipinski definition) is 0. The molecule has 0 amide bonds. The van der Waals surface area contributed by atoms with Crippen LogP contribution < -0.4 is 0 Å². The standard InChI is InChI=1S/C5H4N.ClH.Pd/c1-2-4-6-5-3-1;;/h1-4H;1H;/q-1;;. The molecule has 0 aliphatic carbocycles. The molecule has 8 heavy (non-hydrogen) atoms. The first-order valence-corrected chi connectivity index (χ1v) is 1.77. The fourth-order valence-corrected chi connectivity index (χ4v) is 0.277. The van der Waals surface area contributed by atoms with Crippen LogP contribution in [0, 0.1) is 6.20 Å². The molecule has 0 aromatic carbocycles. The van der Waals surface area contributed by atoms with Crippen LogP contribution in [0.4, 0.5) is 0 Å². The van der Waals surface area contributed by atoms with E-state index in [2.05, 4.69) is 11.2 Å². The number of nitrogens with zero attached hydrogens (tertiary/aromatic N) is 1. The van der Waals surface area contributed by atoms with E-state index in [1.54, 1.807) is 12.3 Å². The Bertz CT molecular complexity index is 84.4. The molecule has 1 aromatic rings. The third-order valence-electron chi connectivity index (χ3n) is 0.517. The Morgan fingerprint density at radius 3 is 2.12 bits per heavy atom. The summed E-state index contributed by atoms with van der Waals surface area (Å²) in [7, 11) is 0. The molecular weight excluding hydrogens is 216 g/mol. The van der Waals surface area contributed by atoms with Gasteiger partial charge in [-0.05, 0) is 0 Å². The molecule has 0 aliphatic heterocycles. The van der Waals surface area contributed by atoms with Crippen LogP contribution in [0.5, 0.6) is 0 Å². The average Bonchev–Trinajstić information content (AvgIpc) is 1.72. The maximum absolute atomic E-state index is 3.66. The van der Waals surface area contributed by atoms with Gasteiger partial charge in [0.15, 0.2) is 0 Å². The van der Waals surface area contributed by atoms with Gasteiger partial charge in [-0.2, -0.15) is 18.2 Å². The monoisotopic (exact) mass is 220 g/mol. The summed E-state index contributed by atoms with van der Waals surface area (Å²) in [5, 5.41) is 0. The van der Waals surface area contributed by atoms with Gasteiger partial charge in [-0.1, -0.05) is 12.4 Å². The van der Waals surface area contributed by atoms with Crippen molar-refractivity contribution in [1.29, 1.82) is 0 Å². The minimum atomic E-state index is 0. The van der Waals surface area contributed by atoms with E-state index in [9.17, 15) is 0 Å². The van der Waals surface area contributed by atoms with Crippen molar-refractivity contribution in [3.05, 3.63) is 30.6 Å². The molecule has 1 rings (SSSR count). The molecule has 1 heterocycles. The molecule has 0 spiro atoms. The van der Waals surface area contributed by atoms with Crippen molar-refractivity contribution in [2.24, 2.45) is 0 Å². The topological polar surface area (TPSA) is 12.9 Å². The molecule has 0 atom stereocenters. The number of hydrogen-bond acceptors (Lipinski definition) is 1. The zero-order valence-electron chi connectivity index (χ0n) is 3.98. The van der Waals surface area contributed by atoms with Gasteiger partial charge in [-0.3, -0.25) is 0 Å². The van der Waals surface area contributed by atoms with Crippen molar-refractivity contribution in [3.63, 3.8) is 0 Å². The fourth-order valence-electron chi connectivity index (χ4n) is 0.277. The van der Waals surface area contributed by atoms with Crippen LogP contribution in [-0.4, -0.2) is 4.98 Å². The molecule has 48 valence electrons. The molecule has 0 aliphatic rings.